The molecule has 0 aliphatic rings. The summed E-state index contributed by atoms with van der Waals surface area (Å²) in [6.07, 6.45) is 0. The van der Waals surface area contributed by atoms with Crippen LogP contribution in [0.4, 0.5) is 0 Å². The molecule has 0 saturated carbocycles. The van der Waals surface area contributed by atoms with Gasteiger partial charge >= 0.3 is 0 Å². The standard InChI is InChI=1S/C8H10O2S/c9-6-7-10-11-8-4-2-1-3-5-8/h1-5,9H,6-7H2. The Kier molecular flexibility index (Phi) is 4.04. The predicted molar refractivity (Wildman–Crippen MR) is 45.3 cm³/mol. The van der Waals surface area contributed by atoms with E-state index in [0.29, 0.717) is 6.61 Å². The molecule has 0 aromatic heterocycles. The average molecular weight is 170 g/mol. The van der Waals surface area contributed by atoms with Crippen LogP contribution in [0, 0.1) is 0 Å². The van der Waals surface area contributed by atoms with Crippen LogP contribution in [0.3, 0.4) is 0 Å². The number of hydrogen-bond donors (Lipinski definition) is 1. The first-order valence-corrected chi connectivity index (χ1v) is 4.13. The van der Waals surface area contributed by atoms with Gasteiger partial charge in [-0.2, -0.15) is 0 Å². The molecule has 1 aromatic rings. The van der Waals surface area contributed by atoms with Gasteiger partial charge in [-0.25, -0.2) is 0 Å². The van der Waals surface area contributed by atoms with Gasteiger partial charge in [0, 0.05) is 16.9 Å². The highest BCUT2D eigenvalue weighted by Crippen LogP contribution is 2.17. The number of benzene rings is 1. The summed E-state index contributed by atoms with van der Waals surface area (Å²) in [5.74, 6) is 0. The molecule has 1 aromatic carbocycles. The summed E-state index contributed by atoms with van der Waals surface area (Å²) in [5, 5.41) is 8.41. The summed E-state index contributed by atoms with van der Waals surface area (Å²) in [6.45, 7) is 0.444. The number of rotatable bonds is 4. The molecule has 0 heterocycles. The molecule has 0 fully saturated rings. The van der Waals surface area contributed by atoms with Crippen molar-refractivity contribution in [3.05, 3.63) is 30.3 Å². The Morgan fingerprint density at radius 3 is 2.64 bits per heavy atom. The lowest BCUT2D eigenvalue weighted by atomic mass is 10.4. The molecule has 0 aliphatic carbocycles. The maximum absolute atomic E-state index is 8.41. The van der Waals surface area contributed by atoms with E-state index in [2.05, 4.69) is 0 Å². The average Bonchev–Trinajstić information content (AvgIpc) is 2.07. The van der Waals surface area contributed by atoms with Gasteiger partial charge in [0.1, 0.15) is 0 Å². The van der Waals surface area contributed by atoms with Gasteiger partial charge in [0.15, 0.2) is 0 Å². The van der Waals surface area contributed by atoms with E-state index in [1.165, 1.54) is 12.0 Å². The Bertz CT molecular complexity index is 189. The molecule has 0 spiro atoms. The van der Waals surface area contributed by atoms with E-state index < -0.39 is 0 Å². The quantitative estimate of drug-likeness (QED) is 0.551. The second-order valence-electron chi connectivity index (χ2n) is 1.94. The molecule has 11 heavy (non-hydrogen) atoms. The topological polar surface area (TPSA) is 29.5 Å². The summed E-state index contributed by atoms with van der Waals surface area (Å²) in [4.78, 5) is 1.06. The van der Waals surface area contributed by atoms with Crippen LogP contribution in [0.5, 0.6) is 0 Å². The van der Waals surface area contributed by atoms with E-state index in [1.54, 1.807) is 0 Å². The van der Waals surface area contributed by atoms with Crippen LogP contribution in [-0.4, -0.2) is 18.3 Å². The molecule has 0 bridgehead atoms. The minimum atomic E-state index is 0.0693. The fourth-order valence-electron chi connectivity index (χ4n) is 0.623. The van der Waals surface area contributed by atoms with Crippen LogP contribution in [0.25, 0.3) is 0 Å². The van der Waals surface area contributed by atoms with Gasteiger partial charge in [-0.1, -0.05) is 18.2 Å². The van der Waals surface area contributed by atoms with Gasteiger partial charge in [0.2, 0.25) is 0 Å². The third kappa shape index (κ3) is 3.41. The van der Waals surface area contributed by atoms with E-state index in [4.69, 9.17) is 9.29 Å². The highest BCUT2D eigenvalue weighted by molar-refractivity contribution is 7.94. The molecule has 2 nitrogen and oxygen atoms in total. The highest BCUT2D eigenvalue weighted by Gasteiger charge is 1.90. The Morgan fingerprint density at radius 2 is 2.00 bits per heavy atom. The molecule has 0 amide bonds. The van der Waals surface area contributed by atoms with Gasteiger partial charge in [-0.3, -0.25) is 0 Å². The van der Waals surface area contributed by atoms with Crippen LogP contribution in [-0.2, 0) is 4.18 Å². The summed E-state index contributed by atoms with van der Waals surface area (Å²) in [6, 6.07) is 9.77. The van der Waals surface area contributed by atoms with Gasteiger partial charge in [-0.05, 0) is 12.1 Å². The van der Waals surface area contributed by atoms with Crippen molar-refractivity contribution in [2.75, 3.05) is 13.2 Å². The van der Waals surface area contributed by atoms with Gasteiger partial charge in [-0.15, -0.1) is 0 Å². The van der Waals surface area contributed by atoms with Crippen molar-refractivity contribution in [3.63, 3.8) is 0 Å². The summed E-state index contributed by atoms with van der Waals surface area (Å²) in [7, 11) is 0. The van der Waals surface area contributed by atoms with E-state index in [-0.39, 0.29) is 6.61 Å². The normalized spacial score (nSPS) is 9.91. The molecule has 60 valence electrons. The Labute approximate surface area is 70.4 Å². The predicted octanol–water partition coefficient (Wildman–Crippen LogP) is 1.70. The molecular weight excluding hydrogens is 160 g/mol. The van der Waals surface area contributed by atoms with Crippen LogP contribution >= 0.6 is 12.0 Å². The van der Waals surface area contributed by atoms with Crippen molar-refractivity contribution < 1.29 is 9.29 Å². The molecule has 0 saturated heterocycles. The van der Waals surface area contributed by atoms with Gasteiger partial charge < -0.3 is 9.29 Å². The summed E-state index contributed by atoms with van der Waals surface area (Å²) < 4.78 is 5.04. The van der Waals surface area contributed by atoms with Crippen molar-refractivity contribution in [2.45, 2.75) is 4.90 Å². The SMILES string of the molecule is OCCOSc1ccccc1. The molecular formula is C8H10O2S. The van der Waals surface area contributed by atoms with E-state index in [0.717, 1.165) is 4.90 Å². The molecule has 0 radical (unpaired) electrons. The number of hydrogen-bond acceptors (Lipinski definition) is 3. The lowest BCUT2D eigenvalue weighted by molar-refractivity contribution is 0.221. The van der Waals surface area contributed by atoms with Gasteiger partial charge in [0.05, 0.1) is 13.2 Å². The number of aliphatic hydroxyl groups excluding tert-OH is 1. The van der Waals surface area contributed by atoms with E-state index >= 15 is 0 Å². The number of aliphatic hydroxyl groups is 1. The Morgan fingerprint density at radius 1 is 1.27 bits per heavy atom. The van der Waals surface area contributed by atoms with Gasteiger partial charge in [0.25, 0.3) is 0 Å². The largest absolute Gasteiger partial charge is 0.394 e. The van der Waals surface area contributed by atoms with E-state index in [1.807, 2.05) is 30.3 Å². The minimum absolute atomic E-state index is 0.0693. The van der Waals surface area contributed by atoms with Crippen molar-refractivity contribution in [1.82, 2.24) is 0 Å². The second kappa shape index (κ2) is 5.18. The zero-order valence-corrected chi connectivity index (χ0v) is 6.88. The lowest BCUT2D eigenvalue weighted by Gasteiger charge is -1.98. The fourth-order valence-corrected chi connectivity index (χ4v) is 1.19. The van der Waals surface area contributed by atoms with Crippen molar-refractivity contribution in [3.8, 4) is 0 Å². The first kappa shape index (κ1) is 8.59. The Balaban J connectivity index is 2.28. The maximum atomic E-state index is 8.41. The first-order valence-electron chi connectivity index (χ1n) is 3.39. The summed E-state index contributed by atoms with van der Waals surface area (Å²) >= 11 is 1.28. The smallest absolute Gasteiger partial charge is 0.0849 e. The minimum Gasteiger partial charge on any atom is -0.394 e. The molecule has 0 atom stereocenters. The third-order valence-corrected chi connectivity index (χ3v) is 1.82. The van der Waals surface area contributed by atoms with Crippen molar-refractivity contribution >= 4 is 12.0 Å². The van der Waals surface area contributed by atoms with Crippen LogP contribution in [0.15, 0.2) is 35.2 Å². The second-order valence-corrected chi connectivity index (χ2v) is 2.82. The van der Waals surface area contributed by atoms with E-state index in [9.17, 15) is 0 Å². The molecule has 0 aliphatic heterocycles. The van der Waals surface area contributed by atoms with Crippen molar-refractivity contribution in [1.29, 1.82) is 0 Å². The fraction of sp³-hybridized carbons (Fsp3) is 0.250. The molecule has 1 rings (SSSR count). The monoisotopic (exact) mass is 170 g/mol. The molecule has 1 N–H and O–H groups in total. The van der Waals surface area contributed by atoms with Crippen LogP contribution < -0.4 is 0 Å². The Hall–Kier alpha value is -0.510. The van der Waals surface area contributed by atoms with Crippen LogP contribution in [0.1, 0.15) is 0 Å². The van der Waals surface area contributed by atoms with Crippen LogP contribution in [0.2, 0.25) is 0 Å². The third-order valence-electron chi connectivity index (χ3n) is 1.07. The zero-order chi connectivity index (χ0) is 7.94. The zero-order valence-electron chi connectivity index (χ0n) is 6.06. The highest BCUT2D eigenvalue weighted by atomic mass is 32.2. The molecule has 3 heteroatoms. The molecule has 0 unspecified atom stereocenters. The maximum Gasteiger partial charge on any atom is 0.0849 e. The summed E-state index contributed by atoms with van der Waals surface area (Å²) in [5.41, 5.74) is 0. The lowest BCUT2D eigenvalue weighted by Crippen LogP contribution is -1.91. The van der Waals surface area contributed by atoms with Crippen molar-refractivity contribution in [2.24, 2.45) is 0 Å². The first-order chi connectivity index (χ1) is 5.43.